The molecule has 3 nitrogen and oxygen atoms in total. The van der Waals surface area contributed by atoms with E-state index in [9.17, 15) is 0 Å². The number of hydrogen-bond acceptors (Lipinski definition) is 3. The number of likely N-dealkylation sites (tertiary alicyclic amines) is 1. The summed E-state index contributed by atoms with van der Waals surface area (Å²) in [5, 5.41) is 0. The Morgan fingerprint density at radius 1 is 1.47 bits per heavy atom. The van der Waals surface area contributed by atoms with Crippen LogP contribution in [0.2, 0.25) is 0 Å². The molecule has 19 heavy (non-hydrogen) atoms. The van der Waals surface area contributed by atoms with Crippen molar-refractivity contribution in [1.29, 1.82) is 0 Å². The summed E-state index contributed by atoms with van der Waals surface area (Å²) in [6.45, 7) is 7.70. The van der Waals surface area contributed by atoms with Crippen LogP contribution in [0, 0.1) is 5.92 Å². The highest BCUT2D eigenvalue weighted by Gasteiger charge is 2.18. The van der Waals surface area contributed by atoms with E-state index in [4.69, 9.17) is 10.5 Å². The molecule has 1 saturated heterocycles. The lowest BCUT2D eigenvalue weighted by molar-refractivity contribution is 0.175. The van der Waals surface area contributed by atoms with Crippen LogP contribution in [0.5, 0.6) is 5.75 Å². The van der Waals surface area contributed by atoms with Gasteiger partial charge in [-0.25, -0.2) is 0 Å². The van der Waals surface area contributed by atoms with E-state index in [2.05, 4.69) is 24.0 Å². The number of nitrogens with zero attached hydrogens (tertiary/aromatic N) is 1. The van der Waals surface area contributed by atoms with Crippen molar-refractivity contribution in [3.63, 3.8) is 0 Å². The molecule has 3 heteroatoms. The highest BCUT2D eigenvalue weighted by atomic mass is 16.5. The molecule has 0 amide bonds. The molecule has 0 bridgehead atoms. The molecule has 0 aliphatic carbocycles. The van der Waals surface area contributed by atoms with Crippen LogP contribution in [0.4, 0.5) is 0 Å². The summed E-state index contributed by atoms with van der Waals surface area (Å²) < 4.78 is 5.48. The number of piperidine rings is 1. The van der Waals surface area contributed by atoms with Crippen molar-refractivity contribution in [1.82, 2.24) is 4.90 Å². The van der Waals surface area contributed by atoms with E-state index in [0.717, 1.165) is 18.2 Å². The Kier molecular flexibility index (Phi) is 4.83. The molecule has 2 unspecified atom stereocenters. The molecule has 0 saturated carbocycles. The fourth-order valence-corrected chi connectivity index (χ4v) is 2.88. The van der Waals surface area contributed by atoms with Crippen LogP contribution >= 0.6 is 0 Å². The molecule has 1 aliphatic rings. The predicted octanol–water partition coefficient (Wildman–Crippen LogP) is 2.95. The van der Waals surface area contributed by atoms with Gasteiger partial charge in [0.15, 0.2) is 0 Å². The zero-order chi connectivity index (χ0) is 13.8. The Labute approximate surface area is 116 Å². The van der Waals surface area contributed by atoms with Gasteiger partial charge in [-0.05, 0) is 49.9 Å². The number of ether oxygens (including phenoxy) is 1. The summed E-state index contributed by atoms with van der Waals surface area (Å²) >= 11 is 0. The van der Waals surface area contributed by atoms with Crippen molar-refractivity contribution in [2.75, 3.05) is 20.2 Å². The molecule has 1 fully saturated rings. The number of hydrogen-bond donors (Lipinski definition) is 1. The van der Waals surface area contributed by atoms with Crippen LogP contribution in [-0.4, -0.2) is 25.1 Å². The maximum absolute atomic E-state index is 5.97. The Morgan fingerprint density at radius 2 is 2.26 bits per heavy atom. The van der Waals surface area contributed by atoms with E-state index in [1.54, 1.807) is 7.11 Å². The van der Waals surface area contributed by atoms with Crippen molar-refractivity contribution in [3.8, 4) is 5.75 Å². The average molecular weight is 262 g/mol. The summed E-state index contributed by atoms with van der Waals surface area (Å²) in [5.74, 6) is 1.78. The van der Waals surface area contributed by atoms with Gasteiger partial charge in [-0.3, -0.25) is 4.90 Å². The molecule has 2 atom stereocenters. The number of benzene rings is 1. The van der Waals surface area contributed by atoms with E-state index in [0.29, 0.717) is 0 Å². The maximum atomic E-state index is 5.97. The average Bonchev–Trinajstić information content (AvgIpc) is 2.38. The Morgan fingerprint density at radius 3 is 2.89 bits per heavy atom. The monoisotopic (exact) mass is 262 g/mol. The van der Waals surface area contributed by atoms with E-state index in [1.165, 1.54) is 37.1 Å². The van der Waals surface area contributed by atoms with Gasteiger partial charge < -0.3 is 10.5 Å². The number of rotatable bonds is 4. The fourth-order valence-electron chi connectivity index (χ4n) is 2.88. The van der Waals surface area contributed by atoms with Gasteiger partial charge in [0.1, 0.15) is 5.75 Å². The van der Waals surface area contributed by atoms with Gasteiger partial charge in [0.2, 0.25) is 0 Å². The zero-order valence-corrected chi connectivity index (χ0v) is 12.4. The molecule has 2 N–H and O–H groups in total. The minimum absolute atomic E-state index is 0.0740. The second kappa shape index (κ2) is 6.40. The summed E-state index contributed by atoms with van der Waals surface area (Å²) in [7, 11) is 1.74. The van der Waals surface area contributed by atoms with Gasteiger partial charge in [-0.1, -0.05) is 13.0 Å². The highest BCUT2D eigenvalue weighted by Crippen LogP contribution is 2.26. The second-order valence-corrected chi connectivity index (χ2v) is 5.84. The summed E-state index contributed by atoms with van der Waals surface area (Å²) in [5.41, 5.74) is 8.41. The lowest BCUT2D eigenvalue weighted by Gasteiger charge is -2.31. The van der Waals surface area contributed by atoms with E-state index >= 15 is 0 Å². The Balaban J connectivity index is 2.14. The second-order valence-electron chi connectivity index (χ2n) is 5.84. The Bertz CT molecular complexity index is 417. The van der Waals surface area contributed by atoms with Crippen molar-refractivity contribution in [2.45, 2.75) is 39.3 Å². The first-order valence-corrected chi connectivity index (χ1v) is 7.25. The molecule has 1 aliphatic heterocycles. The highest BCUT2D eigenvalue weighted by molar-refractivity contribution is 5.38. The van der Waals surface area contributed by atoms with Gasteiger partial charge in [0, 0.05) is 24.7 Å². The molecular weight excluding hydrogens is 236 g/mol. The Hall–Kier alpha value is -1.06. The predicted molar refractivity (Wildman–Crippen MR) is 79.3 cm³/mol. The SMILES string of the molecule is COc1ccc(C(C)N)cc1CN1CCCC(C)C1. The van der Waals surface area contributed by atoms with Crippen LogP contribution in [0.15, 0.2) is 18.2 Å². The summed E-state index contributed by atoms with van der Waals surface area (Å²) in [6, 6.07) is 6.38. The topological polar surface area (TPSA) is 38.5 Å². The van der Waals surface area contributed by atoms with Crippen LogP contribution in [0.3, 0.4) is 0 Å². The van der Waals surface area contributed by atoms with Crippen LogP contribution in [-0.2, 0) is 6.54 Å². The van der Waals surface area contributed by atoms with Crippen LogP contribution in [0.25, 0.3) is 0 Å². The van der Waals surface area contributed by atoms with Crippen molar-refractivity contribution in [2.24, 2.45) is 11.7 Å². The molecule has 1 aromatic rings. The van der Waals surface area contributed by atoms with E-state index < -0.39 is 0 Å². The molecule has 0 radical (unpaired) electrons. The molecule has 0 spiro atoms. The van der Waals surface area contributed by atoms with E-state index in [1.807, 2.05) is 13.0 Å². The standard InChI is InChI=1S/C16H26N2O/c1-12-5-4-8-18(10-12)11-15-9-14(13(2)17)6-7-16(15)19-3/h6-7,9,12-13H,4-5,8,10-11,17H2,1-3H3. The molecule has 106 valence electrons. The van der Waals surface area contributed by atoms with Crippen molar-refractivity contribution >= 4 is 0 Å². The largest absolute Gasteiger partial charge is 0.496 e. The smallest absolute Gasteiger partial charge is 0.123 e. The van der Waals surface area contributed by atoms with Gasteiger partial charge in [0.05, 0.1) is 7.11 Å². The maximum Gasteiger partial charge on any atom is 0.123 e. The number of methoxy groups -OCH3 is 1. The lowest BCUT2D eigenvalue weighted by atomic mass is 9.99. The first-order chi connectivity index (χ1) is 9.10. The third kappa shape index (κ3) is 3.71. The normalized spacial score (nSPS) is 22.2. The van der Waals surface area contributed by atoms with Crippen molar-refractivity contribution in [3.05, 3.63) is 29.3 Å². The summed E-state index contributed by atoms with van der Waals surface area (Å²) in [4.78, 5) is 2.52. The minimum Gasteiger partial charge on any atom is -0.496 e. The molecule has 0 aromatic heterocycles. The first kappa shape index (κ1) is 14.4. The molecular formula is C16H26N2O. The van der Waals surface area contributed by atoms with Crippen molar-refractivity contribution < 1.29 is 4.74 Å². The third-order valence-corrected chi connectivity index (χ3v) is 3.97. The summed E-state index contributed by atoms with van der Waals surface area (Å²) in [6.07, 6.45) is 2.66. The minimum atomic E-state index is 0.0740. The van der Waals surface area contributed by atoms with Crippen LogP contribution < -0.4 is 10.5 Å². The first-order valence-electron chi connectivity index (χ1n) is 7.25. The van der Waals surface area contributed by atoms with Gasteiger partial charge in [-0.15, -0.1) is 0 Å². The molecule has 1 heterocycles. The molecule has 2 rings (SSSR count). The molecule has 1 aromatic carbocycles. The fraction of sp³-hybridized carbons (Fsp3) is 0.625. The van der Waals surface area contributed by atoms with Gasteiger partial charge in [-0.2, -0.15) is 0 Å². The van der Waals surface area contributed by atoms with Crippen LogP contribution in [0.1, 0.15) is 43.9 Å². The lowest BCUT2D eigenvalue weighted by Crippen LogP contribution is -2.33. The van der Waals surface area contributed by atoms with Gasteiger partial charge >= 0.3 is 0 Å². The third-order valence-electron chi connectivity index (χ3n) is 3.97. The zero-order valence-electron chi connectivity index (χ0n) is 12.4. The van der Waals surface area contributed by atoms with E-state index in [-0.39, 0.29) is 6.04 Å². The van der Waals surface area contributed by atoms with Gasteiger partial charge in [0.25, 0.3) is 0 Å². The number of nitrogens with two attached hydrogens (primary N) is 1. The quantitative estimate of drug-likeness (QED) is 0.906.